The average Bonchev–Trinajstić information content (AvgIpc) is 2.82. The molecule has 0 saturated heterocycles. The second-order valence-electron chi connectivity index (χ2n) is 3.53. The molecule has 3 aromatic heterocycles. The number of aromatic amines is 1. The van der Waals surface area contributed by atoms with Gasteiger partial charge in [-0.2, -0.15) is 5.10 Å². The third kappa shape index (κ3) is 1.67. The molecular formula is C11H11ClN4. The fourth-order valence-electron chi connectivity index (χ4n) is 1.67. The lowest BCUT2D eigenvalue weighted by atomic mass is 10.2. The fourth-order valence-corrected chi connectivity index (χ4v) is 1.67. The van der Waals surface area contributed by atoms with E-state index in [4.69, 9.17) is 0 Å². The molecule has 0 fully saturated rings. The Labute approximate surface area is 98.7 Å². The monoisotopic (exact) mass is 234 g/mol. The maximum absolute atomic E-state index is 4.25. The van der Waals surface area contributed by atoms with Gasteiger partial charge in [-0.25, -0.2) is 4.98 Å². The number of hydrogen-bond acceptors (Lipinski definition) is 2. The second-order valence-corrected chi connectivity index (χ2v) is 3.53. The van der Waals surface area contributed by atoms with Crippen LogP contribution in [0.1, 0.15) is 0 Å². The number of hydrogen-bond donors (Lipinski definition) is 1. The first-order chi connectivity index (χ1) is 7.33. The number of nitrogens with one attached hydrogen (secondary N) is 1. The van der Waals surface area contributed by atoms with E-state index in [1.165, 1.54) is 0 Å². The van der Waals surface area contributed by atoms with E-state index < -0.39 is 0 Å². The first-order valence-corrected chi connectivity index (χ1v) is 4.76. The lowest BCUT2D eigenvalue weighted by Crippen LogP contribution is -1.84. The van der Waals surface area contributed by atoms with Crippen LogP contribution in [0, 0.1) is 0 Å². The Morgan fingerprint density at radius 1 is 1.38 bits per heavy atom. The predicted molar refractivity (Wildman–Crippen MR) is 65.5 cm³/mol. The van der Waals surface area contributed by atoms with E-state index in [9.17, 15) is 0 Å². The van der Waals surface area contributed by atoms with Gasteiger partial charge < -0.3 is 4.98 Å². The van der Waals surface area contributed by atoms with Crippen molar-refractivity contribution in [2.75, 3.05) is 0 Å². The van der Waals surface area contributed by atoms with E-state index in [0.717, 1.165) is 22.3 Å². The third-order valence-corrected chi connectivity index (χ3v) is 2.41. The Morgan fingerprint density at radius 2 is 2.25 bits per heavy atom. The number of rotatable bonds is 1. The SMILES string of the molecule is Cl.Cn1cc(-c2cc3cccnc3[nH]2)cn1. The Morgan fingerprint density at radius 3 is 2.94 bits per heavy atom. The molecule has 0 bridgehead atoms. The molecule has 0 atom stereocenters. The summed E-state index contributed by atoms with van der Waals surface area (Å²) < 4.78 is 1.79. The maximum Gasteiger partial charge on any atom is 0.137 e. The number of H-pyrrole nitrogens is 1. The lowest BCUT2D eigenvalue weighted by Gasteiger charge is -1.88. The van der Waals surface area contributed by atoms with Crippen molar-refractivity contribution in [2.24, 2.45) is 7.05 Å². The highest BCUT2D eigenvalue weighted by Crippen LogP contribution is 2.21. The molecule has 0 spiro atoms. The Hall–Kier alpha value is -1.81. The molecule has 0 aromatic carbocycles. The van der Waals surface area contributed by atoms with Crippen LogP contribution in [0.3, 0.4) is 0 Å². The van der Waals surface area contributed by atoms with E-state index >= 15 is 0 Å². The molecule has 0 aliphatic carbocycles. The van der Waals surface area contributed by atoms with Crippen molar-refractivity contribution in [1.29, 1.82) is 0 Å². The summed E-state index contributed by atoms with van der Waals surface area (Å²) in [5, 5.41) is 5.26. The van der Waals surface area contributed by atoms with Gasteiger partial charge in [-0.1, -0.05) is 0 Å². The summed E-state index contributed by atoms with van der Waals surface area (Å²) in [4.78, 5) is 7.51. The highest BCUT2D eigenvalue weighted by atomic mass is 35.5. The van der Waals surface area contributed by atoms with Crippen molar-refractivity contribution in [1.82, 2.24) is 19.7 Å². The van der Waals surface area contributed by atoms with E-state index in [0.29, 0.717) is 0 Å². The molecule has 82 valence electrons. The molecule has 1 N–H and O–H groups in total. The van der Waals surface area contributed by atoms with Gasteiger partial charge in [-0.3, -0.25) is 4.68 Å². The average molecular weight is 235 g/mol. The molecule has 0 saturated carbocycles. The molecule has 0 aliphatic rings. The summed E-state index contributed by atoms with van der Waals surface area (Å²) in [5.41, 5.74) is 3.05. The molecule has 0 radical (unpaired) electrons. The van der Waals surface area contributed by atoms with Crippen LogP contribution in [0.4, 0.5) is 0 Å². The van der Waals surface area contributed by atoms with Crippen molar-refractivity contribution < 1.29 is 0 Å². The minimum Gasteiger partial charge on any atom is -0.339 e. The number of fused-ring (bicyclic) bond motifs is 1. The number of pyridine rings is 1. The number of aromatic nitrogens is 4. The van der Waals surface area contributed by atoms with Crippen LogP contribution in [-0.2, 0) is 7.05 Å². The van der Waals surface area contributed by atoms with E-state index in [1.54, 1.807) is 10.9 Å². The zero-order valence-corrected chi connectivity index (χ0v) is 9.53. The summed E-state index contributed by atoms with van der Waals surface area (Å²) in [6.07, 6.45) is 5.60. The Balaban J connectivity index is 0.000000963. The van der Waals surface area contributed by atoms with Crippen LogP contribution in [0.15, 0.2) is 36.8 Å². The first-order valence-electron chi connectivity index (χ1n) is 4.76. The minimum atomic E-state index is 0. The zero-order chi connectivity index (χ0) is 10.3. The maximum atomic E-state index is 4.25. The highest BCUT2D eigenvalue weighted by Gasteiger charge is 2.04. The predicted octanol–water partition coefficient (Wildman–Crippen LogP) is 2.39. The quantitative estimate of drug-likeness (QED) is 0.703. The van der Waals surface area contributed by atoms with Gasteiger partial charge in [0.15, 0.2) is 0 Å². The summed E-state index contributed by atoms with van der Waals surface area (Å²) in [6.45, 7) is 0. The smallest absolute Gasteiger partial charge is 0.137 e. The summed E-state index contributed by atoms with van der Waals surface area (Å²) in [6, 6.07) is 6.06. The van der Waals surface area contributed by atoms with Crippen LogP contribution in [-0.4, -0.2) is 19.7 Å². The van der Waals surface area contributed by atoms with Crippen molar-refractivity contribution in [3.63, 3.8) is 0 Å². The molecule has 5 heteroatoms. The van der Waals surface area contributed by atoms with Gasteiger partial charge in [0.1, 0.15) is 5.65 Å². The van der Waals surface area contributed by atoms with Gasteiger partial charge in [0.05, 0.1) is 11.9 Å². The molecule has 3 heterocycles. The minimum absolute atomic E-state index is 0. The van der Waals surface area contributed by atoms with Crippen molar-refractivity contribution >= 4 is 23.4 Å². The molecular weight excluding hydrogens is 224 g/mol. The van der Waals surface area contributed by atoms with Crippen molar-refractivity contribution in [2.45, 2.75) is 0 Å². The standard InChI is InChI=1S/C11H10N4.ClH/c1-15-7-9(6-13-15)10-5-8-3-2-4-12-11(8)14-10;/h2-7H,1H3,(H,12,14);1H. The van der Waals surface area contributed by atoms with E-state index in [-0.39, 0.29) is 12.4 Å². The molecule has 4 nitrogen and oxygen atoms in total. The van der Waals surface area contributed by atoms with E-state index in [1.807, 2.05) is 31.6 Å². The summed E-state index contributed by atoms with van der Waals surface area (Å²) in [5.74, 6) is 0. The number of halogens is 1. The zero-order valence-electron chi connectivity index (χ0n) is 8.71. The molecule has 0 amide bonds. The van der Waals surface area contributed by atoms with Crippen molar-refractivity contribution in [3.8, 4) is 11.3 Å². The Bertz CT molecular complexity index is 578. The third-order valence-electron chi connectivity index (χ3n) is 2.41. The van der Waals surface area contributed by atoms with E-state index in [2.05, 4.69) is 21.1 Å². The van der Waals surface area contributed by atoms with Crippen LogP contribution < -0.4 is 0 Å². The van der Waals surface area contributed by atoms with Crippen molar-refractivity contribution in [3.05, 3.63) is 36.8 Å². The van der Waals surface area contributed by atoms with Crippen LogP contribution in [0.2, 0.25) is 0 Å². The molecule has 3 rings (SSSR count). The van der Waals surface area contributed by atoms with Gasteiger partial charge in [0.25, 0.3) is 0 Å². The second kappa shape index (κ2) is 3.98. The van der Waals surface area contributed by atoms with Crippen LogP contribution in [0.25, 0.3) is 22.3 Å². The highest BCUT2D eigenvalue weighted by molar-refractivity contribution is 5.85. The Kier molecular flexibility index (Phi) is 2.66. The number of nitrogens with zero attached hydrogens (tertiary/aromatic N) is 3. The largest absolute Gasteiger partial charge is 0.339 e. The summed E-state index contributed by atoms with van der Waals surface area (Å²) in [7, 11) is 1.91. The normalized spacial score (nSPS) is 10.3. The molecule has 3 aromatic rings. The topological polar surface area (TPSA) is 46.5 Å². The van der Waals surface area contributed by atoms with Crippen LogP contribution in [0.5, 0.6) is 0 Å². The van der Waals surface area contributed by atoms with Gasteiger partial charge in [0, 0.05) is 30.4 Å². The van der Waals surface area contributed by atoms with Gasteiger partial charge >= 0.3 is 0 Å². The molecule has 16 heavy (non-hydrogen) atoms. The van der Waals surface area contributed by atoms with Crippen LogP contribution >= 0.6 is 12.4 Å². The van der Waals surface area contributed by atoms with Gasteiger partial charge in [0.2, 0.25) is 0 Å². The number of aryl methyl sites for hydroxylation is 1. The molecule has 0 aliphatic heterocycles. The fraction of sp³-hybridized carbons (Fsp3) is 0.0909. The molecule has 0 unspecified atom stereocenters. The van der Waals surface area contributed by atoms with Gasteiger partial charge in [-0.15, -0.1) is 12.4 Å². The summed E-state index contributed by atoms with van der Waals surface area (Å²) >= 11 is 0. The first kappa shape index (κ1) is 10.7. The lowest BCUT2D eigenvalue weighted by molar-refractivity contribution is 0.768. The van der Waals surface area contributed by atoms with Gasteiger partial charge in [-0.05, 0) is 18.2 Å².